The van der Waals surface area contributed by atoms with E-state index in [-0.39, 0.29) is 6.04 Å². The third-order valence-corrected chi connectivity index (χ3v) is 4.62. The van der Waals surface area contributed by atoms with E-state index in [1.54, 1.807) is 6.33 Å². The van der Waals surface area contributed by atoms with Crippen LogP contribution in [0, 0.1) is 6.92 Å². The normalized spacial score (nSPS) is 12.3. The third-order valence-electron chi connectivity index (χ3n) is 3.44. The van der Waals surface area contributed by atoms with Gasteiger partial charge in [0.2, 0.25) is 0 Å². The van der Waals surface area contributed by atoms with Crippen molar-refractivity contribution in [2.24, 2.45) is 7.05 Å². The summed E-state index contributed by atoms with van der Waals surface area (Å²) in [5.41, 5.74) is 2.14. The average Bonchev–Trinajstić information content (AvgIpc) is 3.08. The van der Waals surface area contributed by atoms with Crippen LogP contribution in [0.2, 0.25) is 0 Å². The number of aromatic nitrogens is 3. The van der Waals surface area contributed by atoms with Crippen LogP contribution in [0.25, 0.3) is 11.4 Å². The fourth-order valence-electron chi connectivity index (χ4n) is 2.32. The maximum absolute atomic E-state index is 4.21. The third kappa shape index (κ3) is 2.83. The minimum absolute atomic E-state index is 0.262. The van der Waals surface area contributed by atoms with Gasteiger partial charge in [-0.25, -0.2) is 0 Å². The summed E-state index contributed by atoms with van der Waals surface area (Å²) in [6, 6.07) is 12.8. The van der Waals surface area contributed by atoms with Gasteiger partial charge in [0.25, 0.3) is 0 Å². The minimum atomic E-state index is 0.262. The molecule has 1 unspecified atom stereocenters. The molecule has 108 valence electrons. The molecule has 0 saturated carbocycles. The molecule has 0 aliphatic carbocycles. The van der Waals surface area contributed by atoms with E-state index in [9.17, 15) is 0 Å². The van der Waals surface area contributed by atoms with Gasteiger partial charge in [0.05, 0.1) is 6.04 Å². The number of nitrogens with zero attached hydrogens (tertiary/aromatic N) is 3. The second-order valence-electron chi connectivity index (χ2n) is 5.13. The number of para-hydroxylation sites is 1. The number of benzene rings is 1. The van der Waals surface area contributed by atoms with Gasteiger partial charge in [0, 0.05) is 28.1 Å². The van der Waals surface area contributed by atoms with Crippen LogP contribution in [0.4, 0.5) is 5.69 Å². The number of hydrogen-bond donors (Lipinski definition) is 1. The van der Waals surface area contributed by atoms with E-state index in [0.717, 1.165) is 17.1 Å². The van der Waals surface area contributed by atoms with Gasteiger partial charge >= 0.3 is 0 Å². The van der Waals surface area contributed by atoms with Gasteiger partial charge in [0.15, 0.2) is 5.82 Å². The van der Waals surface area contributed by atoms with Gasteiger partial charge < -0.3 is 9.88 Å². The highest BCUT2D eigenvalue weighted by atomic mass is 32.1. The van der Waals surface area contributed by atoms with Crippen molar-refractivity contribution in [3.63, 3.8) is 0 Å². The molecule has 0 amide bonds. The van der Waals surface area contributed by atoms with Gasteiger partial charge in [-0.3, -0.25) is 0 Å². The molecule has 3 aromatic rings. The lowest BCUT2D eigenvalue weighted by atomic mass is 10.1. The average molecular weight is 298 g/mol. The van der Waals surface area contributed by atoms with Crippen molar-refractivity contribution in [2.75, 3.05) is 5.32 Å². The van der Waals surface area contributed by atoms with Gasteiger partial charge in [-0.1, -0.05) is 12.1 Å². The van der Waals surface area contributed by atoms with Crippen LogP contribution in [0.5, 0.6) is 0 Å². The van der Waals surface area contributed by atoms with Gasteiger partial charge in [-0.2, -0.15) is 0 Å². The summed E-state index contributed by atoms with van der Waals surface area (Å²) in [5, 5.41) is 11.8. The second kappa shape index (κ2) is 5.69. The molecule has 0 aliphatic heterocycles. The van der Waals surface area contributed by atoms with Crippen LogP contribution in [-0.2, 0) is 7.05 Å². The number of nitrogens with one attached hydrogen (secondary N) is 1. The Labute approximate surface area is 128 Å². The summed E-state index contributed by atoms with van der Waals surface area (Å²) in [4.78, 5) is 2.67. The molecule has 2 aromatic heterocycles. The van der Waals surface area contributed by atoms with Gasteiger partial charge in [-0.05, 0) is 38.1 Å². The molecule has 1 atom stereocenters. The zero-order valence-electron chi connectivity index (χ0n) is 12.4. The standard InChI is InChI=1S/C16H18N4S/c1-11-8-9-15(21-11)12(2)18-14-7-5-4-6-13(14)16-19-17-10-20(16)3/h4-10,12,18H,1-3H3. The Morgan fingerprint density at radius 3 is 2.67 bits per heavy atom. The van der Waals surface area contributed by atoms with Crippen LogP contribution in [-0.4, -0.2) is 14.8 Å². The molecule has 0 radical (unpaired) electrons. The highest BCUT2D eigenvalue weighted by Gasteiger charge is 2.13. The first-order valence-corrected chi connectivity index (χ1v) is 7.73. The van der Waals surface area contributed by atoms with E-state index in [4.69, 9.17) is 0 Å². The van der Waals surface area contributed by atoms with E-state index in [2.05, 4.69) is 53.6 Å². The predicted octanol–water partition coefficient (Wildman–Crippen LogP) is 4.03. The smallest absolute Gasteiger partial charge is 0.165 e. The number of aryl methyl sites for hydroxylation is 2. The van der Waals surface area contributed by atoms with Crippen LogP contribution < -0.4 is 5.32 Å². The molecule has 3 rings (SSSR count). The van der Waals surface area contributed by atoms with Crippen molar-refractivity contribution in [3.8, 4) is 11.4 Å². The largest absolute Gasteiger partial charge is 0.377 e. The van der Waals surface area contributed by atoms with Crippen LogP contribution in [0.15, 0.2) is 42.7 Å². The number of anilines is 1. The van der Waals surface area contributed by atoms with E-state index in [1.807, 2.05) is 35.1 Å². The molecule has 0 spiro atoms. The molecule has 1 aromatic carbocycles. The van der Waals surface area contributed by atoms with E-state index in [1.165, 1.54) is 9.75 Å². The molecule has 5 heteroatoms. The Balaban J connectivity index is 1.91. The molecule has 0 bridgehead atoms. The molecular formula is C16H18N4S. The van der Waals surface area contributed by atoms with Crippen molar-refractivity contribution in [1.82, 2.24) is 14.8 Å². The molecule has 0 saturated heterocycles. The van der Waals surface area contributed by atoms with Gasteiger partial charge in [0.1, 0.15) is 6.33 Å². The van der Waals surface area contributed by atoms with Crippen molar-refractivity contribution in [1.29, 1.82) is 0 Å². The summed E-state index contributed by atoms with van der Waals surface area (Å²) < 4.78 is 1.93. The van der Waals surface area contributed by atoms with Crippen molar-refractivity contribution < 1.29 is 0 Å². The van der Waals surface area contributed by atoms with Crippen LogP contribution >= 0.6 is 11.3 Å². The zero-order valence-corrected chi connectivity index (χ0v) is 13.2. The monoisotopic (exact) mass is 298 g/mol. The Kier molecular flexibility index (Phi) is 3.75. The predicted molar refractivity (Wildman–Crippen MR) is 87.5 cm³/mol. The Morgan fingerprint density at radius 2 is 2.00 bits per heavy atom. The highest BCUT2D eigenvalue weighted by Crippen LogP contribution is 2.31. The zero-order chi connectivity index (χ0) is 14.8. The molecule has 0 aliphatic rings. The number of hydrogen-bond acceptors (Lipinski definition) is 4. The molecule has 4 nitrogen and oxygen atoms in total. The van der Waals surface area contributed by atoms with E-state index in [0.29, 0.717) is 0 Å². The summed E-state index contributed by atoms with van der Waals surface area (Å²) in [7, 11) is 1.96. The maximum atomic E-state index is 4.21. The quantitative estimate of drug-likeness (QED) is 0.791. The van der Waals surface area contributed by atoms with Gasteiger partial charge in [-0.15, -0.1) is 21.5 Å². The minimum Gasteiger partial charge on any atom is -0.377 e. The Bertz CT molecular complexity index is 744. The first kappa shape index (κ1) is 13.8. The second-order valence-corrected chi connectivity index (χ2v) is 6.44. The first-order valence-electron chi connectivity index (χ1n) is 6.91. The first-order chi connectivity index (χ1) is 10.1. The summed E-state index contributed by atoms with van der Waals surface area (Å²) in [6.07, 6.45) is 1.72. The summed E-state index contributed by atoms with van der Waals surface area (Å²) in [5.74, 6) is 0.868. The Hall–Kier alpha value is -2.14. The maximum Gasteiger partial charge on any atom is 0.165 e. The molecule has 1 N–H and O–H groups in total. The van der Waals surface area contributed by atoms with Crippen LogP contribution in [0.3, 0.4) is 0 Å². The fourth-order valence-corrected chi connectivity index (χ4v) is 3.20. The summed E-state index contributed by atoms with van der Waals surface area (Å²) >= 11 is 1.83. The molecule has 21 heavy (non-hydrogen) atoms. The van der Waals surface area contributed by atoms with Crippen LogP contribution in [0.1, 0.15) is 22.7 Å². The number of thiophene rings is 1. The van der Waals surface area contributed by atoms with Crippen molar-refractivity contribution >= 4 is 17.0 Å². The summed E-state index contributed by atoms with van der Waals surface area (Å²) in [6.45, 7) is 4.31. The highest BCUT2D eigenvalue weighted by molar-refractivity contribution is 7.12. The SMILES string of the molecule is Cc1ccc(C(C)Nc2ccccc2-c2nncn2C)s1. The van der Waals surface area contributed by atoms with E-state index >= 15 is 0 Å². The number of rotatable bonds is 4. The topological polar surface area (TPSA) is 42.7 Å². The Morgan fingerprint density at radius 1 is 1.19 bits per heavy atom. The van der Waals surface area contributed by atoms with Crippen molar-refractivity contribution in [3.05, 3.63) is 52.5 Å². The lowest BCUT2D eigenvalue weighted by Gasteiger charge is -2.16. The molecular weight excluding hydrogens is 280 g/mol. The molecule has 0 fully saturated rings. The molecule has 2 heterocycles. The van der Waals surface area contributed by atoms with Crippen molar-refractivity contribution in [2.45, 2.75) is 19.9 Å². The van der Waals surface area contributed by atoms with E-state index < -0.39 is 0 Å². The lowest BCUT2D eigenvalue weighted by Crippen LogP contribution is -2.06. The lowest BCUT2D eigenvalue weighted by molar-refractivity contribution is 0.900. The fraction of sp³-hybridized carbons (Fsp3) is 0.250.